The average Bonchev–Trinajstić information content (AvgIpc) is 2.36. The summed E-state index contributed by atoms with van der Waals surface area (Å²) < 4.78 is 45.3. The van der Waals surface area contributed by atoms with Gasteiger partial charge in [-0.3, -0.25) is 0 Å². The van der Waals surface area contributed by atoms with Crippen LogP contribution in [0.4, 0.5) is 13.2 Å². The van der Waals surface area contributed by atoms with E-state index >= 15 is 0 Å². The molecule has 2 nitrogen and oxygen atoms in total. The van der Waals surface area contributed by atoms with Crippen molar-refractivity contribution >= 4 is 10.8 Å². The van der Waals surface area contributed by atoms with E-state index in [0.717, 1.165) is 6.92 Å². The van der Waals surface area contributed by atoms with Crippen molar-refractivity contribution in [3.63, 3.8) is 0 Å². The summed E-state index contributed by atoms with van der Waals surface area (Å²) in [5, 5.41) is 11.1. The fraction of sp³-hybridized carbons (Fsp3) is 0.375. The van der Waals surface area contributed by atoms with Gasteiger partial charge in [0, 0.05) is 5.56 Å². The maximum absolute atomic E-state index is 13.3. The lowest BCUT2D eigenvalue weighted by Crippen LogP contribution is -2.40. The molecule has 0 saturated heterocycles. The molecule has 21 heavy (non-hydrogen) atoms. The molecule has 0 aliphatic rings. The number of hydrogen-bond acceptors (Lipinski definition) is 2. The molecule has 0 spiro atoms. The molecule has 0 aromatic heterocycles. The van der Waals surface area contributed by atoms with E-state index in [9.17, 15) is 18.3 Å². The molecule has 2 aromatic carbocycles. The first-order valence-electron chi connectivity index (χ1n) is 6.62. The predicted molar refractivity (Wildman–Crippen MR) is 75.3 cm³/mol. The largest absolute Gasteiger partial charge is 0.491 e. The van der Waals surface area contributed by atoms with Crippen LogP contribution < -0.4 is 4.74 Å². The highest BCUT2D eigenvalue weighted by atomic mass is 19.4. The SMILES string of the molecule is CC(C)Oc1ccc2ccccc2c1C(C)(O)C(F)(F)F. The molecule has 0 aliphatic carbocycles. The summed E-state index contributed by atoms with van der Waals surface area (Å²) in [6.45, 7) is 4.20. The number of ether oxygens (including phenoxy) is 1. The first-order chi connectivity index (χ1) is 9.64. The normalized spacial score (nSPS) is 15.2. The molecule has 0 heterocycles. The van der Waals surface area contributed by atoms with E-state index in [1.165, 1.54) is 6.07 Å². The van der Waals surface area contributed by atoms with Crippen LogP contribution in [0.25, 0.3) is 10.8 Å². The van der Waals surface area contributed by atoms with Crippen LogP contribution in [0.3, 0.4) is 0 Å². The van der Waals surface area contributed by atoms with Crippen molar-refractivity contribution < 1.29 is 23.0 Å². The van der Waals surface area contributed by atoms with Gasteiger partial charge in [0.15, 0.2) is 5.60 Å². The van der Waals surface area contributed by atoms with E-state index in [4.69, 9.17) is 4.74 Å². The Kier molecular flexibility index (Phi) is 3.89. The van der Waals surface area contributed by atoms with Gasteiger partial charge in [0.1, 0.15) is 5.75 Å². The van der Waals surface area contributed by atoms with Crippen molar-refractivity contribution in [2.75, 3.05) is 0 Å². The van der Waals surface area contributed by atoms with Crippen LogP contribution in [0.5, 0.6) is 5.75 Å². The van der Waals surface area contributed by atoms with Crippen LogP contribution in [0.15, 0.2) is 36.4 Å². The smallest absolute Gasteiger partial charge is 0.421 e. The van der Waals surface area contributed by atoms with Crippen molar-refractivity contribution in [2.24, 2.45) is 0 Å². The first-order valence-corrected chi connectivity index (χ1v) is 6.62. The van der Waals surface area contributed by atoms with Gasteiger partial charge >= 0.3 is 6.18 Å². The van der Waals surface area contributed by atoms with Gasteiger partial charge < -0.3 is 9.84 Å². The molecule has 2 aromatic rings. The van der Waals surface area contributed by atoms with Crippen LogP contribution in [-0.4, -0.2) is 17.4 Å². The van der Waals surface area contributed by atoms with E-state index in [1.54, 1.807) is 44.2 Å². The van der Waals surface area contributed by atoms with Crippen molar-refractivity contribution in [3.05, 3.63) is 42.0 Å². The molecule has 0 saturated carbocycles. The maximum atomic E-state index is 13.3. The Balaban J connectivity index is 2.78. The fourth-order valence-corrected chi connectivity index (χ4v) is 2.25. The number of hydrogen-bond donors (Lipinski definition) is 1. The molecule has 1 atom stereocenters. The zero-order valence-electron chi connectivity index (χ0n) is 12.0. The number of fused-ring (bicyclic) bond motifs is 1. The Labute approximate surface area is 121 Å². The number of aliphatic hydroxyl groups is 1. The summed E-state index contributed by atoms with van der Waals surface area (Å²) in [4.78, 5) is 0. The summed E-state index contributed by atoms with van der Waals surface area (Å²) in [5.74, 6) is 0.0472. The lowest BCUT2D eigenvalue weighted by atomic mass is 9.89. The summed E-state index contributed by atoms with van der Waals surface area (Å²) in [7, 11) is 0. The van der Waals surface area contributed by atoms with Gasteiger partial charge in [-0.25, -0.2) is 0 Å². The van der Waals surface area contributed by atoms with Crippen LogP contribution >= 0.6 is 0 Å². The minimum absolute atomic E-state index is 0.0472. The highest BCUT2D eigenvalue weighted by molar-refractivity contribution is 5.88. The summed E-state index contributed by atoms with van der Waals surface area (Å²) in [6, 6.07) is 9.78. The van der Waals surface area contributed by atoms with E-state index in [1.807, 2.05) is 0 Å². The molecule has 5 heteroatoms. The number of halogens is 3. The lowest BCUT2D eigenvalue weighted by Gasteiger charge is -2.30. The van der Waals surface area contributed by atoms with Gasteiger partial charge in [-0.15, -0.1) is 0 Å². The van der Waals surface area contributed by atoms with Crippen molar-refractivity contribution in [3.8, 4) is 5.75 Å². The highest BCUT2D eigenvalue weighted by Gasteiger charge is 2.53. The lowest BCUT2D eigenvalue weighted by molar-refractivity contribution is -0.258. The number of rotatable bonds is 3. The van der Waals surface area contributed by atoms with Crippen LogP contribution in [-0.2, 0) is 5.60 Å². The number of benzene rings is 2. The van der Waals surface area contributed by atoms with E-state index < -0.39 is 11.8 Å². The van der Waals surface area contributed by atoms with E-state index in [0.29, 0.717) is 10.8 Å². The minimum atomic E-state index is -4.80. The van der Waals surface area contributed by atoms with Crippen molar-refractivity contribution in [1.29, 1.82) is 0 Å². The summed E-state index contributed by atoms with van der Waals surface area (Å²) in [5.41, 5.74) is -3.24. The highest BCUT2D eigenvalue weighted by Crippen LogP contribution is 2.45. The van der Waals surface area contributed by atoms with Crippen LogP contribution in [0, 0.1) is 0 Å². The zero-order chi connectivity index (χ0) is 15.8. The molecule has 2 rings (SSSR count). The molecule has 0 aliphatic heterocycles. The van der Waals surface area contributed by atoms with E-state index in [-0.39, 0.29) is 17.4 Å². The minimum Gasteiger partial charge on any atom is -0.491 e. The Bertz CT molecular complexity index is 646. The van der Waals surface area contributed by atoms with E-state index in [2.05, 4.69) is 0 Å². The van der Waals surface area contributed by atoms with Crippen molar-refractivity contribution in [2.45, 2.75) is 38.7 Å². The molecular weight excluding hydrogens is 281 g/mol. The van der Waals surface area contributed by atoms with Crippen molar-refractivity contribution in [1.82, 2.24) is 0 Å². The Morgan fingerprint density at radius 2 is 1.67 bits per heavy atom. The average molecular weight is 298 g/mol. The molecule has 0 radical (unpaired) electrons. The maximum Gasteiger partial charge on any atom is 0.421 e. The first kappa shape index (κ1) is 15.6. The van der Waals surface area contributed by atoms with Gasteiger partial charge in [-0.05, 0) is 37.6 Å². The fourth-order valence-electron chi connectivity index (χ4n) is 2.25. The molecule has 0 bridgehead atoms. The monoisotopic (exact) mass is 298 g/mol. The van der Waals surface area contributed by atoms with Gasteiger partial charge in [0.2, 0.25) is 0 Å². The van der Waals surface area contributed by atoms with Gasteiger partial charge in [0.25, 0.3) is 0 Å². The van der Waals surface area contributed by atoms with Gasteiger partial charge in [-0.2, -0.15) is 13.2 Å². The molecule has 0 amide bonds. The summed E-state index contributed by atoms with van der Waals surface area (Å²) >= 11 is 0. The Morgan fingerprint density at radius 1 is 1.05 bits per heavy atom. The summed E-state index contributed by atoms with van der Waals surface area (Å²) in [6.07, 6.45) is -5.10. The second-order valence-corrected chi connectivity index (χ2v) is 5.40. The van der Waals surface area contributed by atoms with Crippen LogP contribution in [0.2, 0.25) is 0 Å². The molecule has 1 unspecified atom stereocenters. The quantitative estimate of drug-likeness (QED) is 0.910. The second-order valence-electron chi connectivity index (χ2n) is 5.40. The van der Waals surface area contributed by atoms with Crippen LogP contribution in [0.1, 0.15) is 26.3 Å². The third-order valence-corrected chi connectivity index (χ3v) is 3.29. The number of alkyl halides is 3. The third-order valence-electron chi connectivity index (χ3n) is 3.29. The standard InChI is InChI=1S/C16H17F3O2/c1-10(2)21-13-9-8-11-6-4-5-7-12(11)14(13)15(3,20)16(17,18)19/h4-10,20H,1-3H3. The predicted octanol–water partition coefficient (Wildman–Crippen LogP) is 4.40. The zero-order valence-corrected chi connectivity index (χ0v) is 12.0. The van der Waals surface area contributed by atoms with Gasteiger partial charge in [0.05, 0.1) is 6.10 Å². The molecule has 114 valence electrons. The van der Waals surface area contributed by atoms with Gasteiger partial charge in [-0.1, -0.05) is 30.3 Å². The Morgan fingerprint density at radius 3 is 2.24 bits per heavy atom. The topological polar surface area (TPSA) is 29.5 Å². The molecule has 1 N–H and O–H groups in total. The second kappa shape index (κ2) is 5.22. The third kappa shape index (κ3) is 2.83. The molecule has 0 fully saturated rings. The Hall–Kier alpha value is -1.75. The molecular formula is C16H17F3O2.